The van der Waals surface area contributed by atoms with Crippen LogP contribution in [0, 0.1) is 0 Å². The molecule has 1 saturated heterocycles. The highest BCUT2D eigenvalue weighted by molar-refractivity contribution is 7.90. The van der Waals surface area contributed by atoms with Crippen LogP contribution in [0.25, 0.3) is 0 Å². The number of amides is 2. The lowest BCUT2D eigenvalue weighted by Crippen LogP contribution is -2.53. The largest absolute Gasteiger partial charge is 0.294 e. The molecule has 0 unspecified atom stereocenters. The van der Waals surface area contributed by atoms with Crippen molar-refractivity contribution in [1.82, 2.24) is 9.62 Å². The van der Waals surface area contributed by atoms with Crippen LogP contribution in [0.1, 0.15) is 0 Å². The van der Waals surface area contributed by atoms with Crippen molar-refractivity contribution in [3.8, 4) is 0 Å². The number of sulfone groups is 1. The Hall–Kier alpha value is -1.78. The van der Waals surface area contributed by atoms with Gasteiger partial charge in [0.2, 0.25) is 21.8 Å². The quantitative estimate of drug-likeness (QED) is 0.690. The Morgan fingerprint density at radius 2 is 1.33 bits per heavy atom. The van der Waals surface area contributed by atoms with Crippen LogP contribution < -0.4 is 5.32 Å². The predicted octanol–water partition coefficient (Wildman–Crippen LogP) is -1.26. The second-order valence-electron chi connectivity index (χ2n) is 4.49. The molecule has 1 aromatic carbocycles. The standard InChI is InChI=1S/C11H12N2O6S2/c1-20(16,17)8-2-4-9(5-3-8)21(18,19)13-6-10(14)12-11(15)7-13/h2-5H,6-7H2,1H3,(H,12,14,15). The molecule has 0 aliphatic carbocycles. The minimum absolute atomic E-state index is 0.0195. The maximum absolute atomic E-state index is 12.3. The van der Waals surface area contributed by atoms with Crippen LogP contribution in [0.2, 0.25) is 0 Å². The highest BCUT2D eigenvalue weighted by Crippen LogP contribution is 2.19. The molecule has 0 radical (unpaired) electrons. The zero-order chi connectivity index (χ0) is 15.8. The number of carbonyl (C=O) groups is 2. The maximum atomic E-state index is 12.3. The van der Waals surface area contributed by atoms with Crippen molar-refractivity contribution in [3.63, 3.8) is 0 Å². The molecule has 0 saturated carbocycles. The monoisotopic (exact) mass is 332 g/mol. The zero-order valence-corrected chi connectivity index (χ0v) is 12.6. The van der Waals surface area contributed by atoms with Crippen LogP contribution in [0.3, 0.4) is 0 Å². The summed E-state index contributed by atoms with van der Waals surface area (Å²) in [5, 5.41) is 2.00. The molecule has 10 heteroatoms. The van der Waals surface area contributed by atoms with E-state index in [1.807, 2.05) is 5.32 Å². The van der Waals surface area contributed by atoms with Crippen LogP contribution in [-0.2, 0) is 29.4 Å². The number of piperazine rings is 1. The van der Waals surface area contributed by atoms with Gasteiger partial charge in [0.1, 0.15) is 0 Å². The summed E-state index contributed by atoms with van der Waals surface area (Å²) in [4.78, 5) is 22.3. The predicted molar refractivity (Wildman–Crippen MR) is 71.5 cm³/mol. The van der Waals surface area contributed by atoms with Gasteiger partial charge in [-0.2, -0.15) is 4.31 Å². The van der Waals surface area contributed by atoms with Gasteiger partial charge >= 0.3 is 0 Å². The molecule has 1 aromatic rings. The summed E-state index contributed by atoms with van der Waals surface area (Å²) in [6.07, 6.45) is 1.00. The summed E-state index contributed by atoms with van der Waals surface area (Å²) < 4.78 is 48.0. The normalized spacial score (nSPS) is 17.6. The molecule has 0 aromatic heterocycles. The fourth-order valence-electron chi connectivity index (χ4n) is 1.79. The molecule has 0 spiro atoms. The number of sulfonamides is 1. The lowest BCUT2D eigenvalue weighted by atomic mass is 10.4. The topological polar surface area (TPSA) is 118 Å². The lowest BCUT2D eigenvalue weighted by molar-refractivity contribution is -0.134. The molecule has 1 heterocycles. The average Bonchev–Trinajstić information content (AvgIpc) is 2.36. The molecule has 114 valence electrons. The SMILES string of the molecule is CS(=O)(=O)c1ccc(S(=O)(=O)N2CC(=O)NC(=O)C2)cc1. The smallest absolute Gasteiger partial charge is 0.244 e. The van der Waals surface area contributed by atoms with Crippen molar-refractivity contribution in [2.24, 2.45) is 0 Å². The van der Waals surface area contributed by atoms with Crippen LogP contribution in [0.4, 0.5) is 0 Å². The molecule has 1 fully saturated rings. The number of rotatable bonds is 3. The van der Waals surface area contributed by atoms with Crippen molar-refractivity contribution in [2.75, 3.05) is 19.3 Å². The Balaban J connectivity index is 2.36. The van der Waals surface area contributed by atoms with Gasteiger partial charge in [-0.05, 0) is 24.3 Å². The molecule has 0 bridgehead atoms. The fourth-order valence-corrected chi connectivity index (χ4v) is 3.77. The summed E-state index contributed by atoms with van der Waals surface area (Å²) in [6.45, 7) is -0.913. The molecule has 1 aliphatic heterocycles. The third-order valence-corrected chi connectivity index (χ3v) is 5.74. The molecular weight excluding hydrogens is 320 g/mol. The van der Waals surface area contributed by atoms with Crippen LogP contribution >= 0.6 is 0 Å². The third kappa shape index (κ3) is 3.28. The van der Waals surface area contributed by atoms with Gasteiger partial charge in [-0.25, -0.2) is 16.8 Å². The Labute approximate surface area is 121 Å². The number of hydrogen-bond acceptors (Lipinski definition) is 6. The van der Waals surface area contributed by atoms with E-state index in [0.717, 1.165) is 34.8 Å². The number of imide groups is 1. The zero-order valence-electron chi connectivity index (χ0n) is 10.9. The highest BCUT2D eigenvalue weighted by Gasteiger charge is 2.32. The molecule has 8 nitrogen and oxygen atoms in total. The van der Waals surface area contributed by atoms with E-state index < -0.39 is 44.8 Å². The van der Waals surface area contributed by atoms with E-state index in [1.54, 1.807) is 0 Å². The minimum Gasteiger partial charge on any atom is -0.294 e. The van der Waals surface area contributed by atoms with Crippen LogP contribution in [-0.4, -0.2) is 52.3 Å². The minimum atomic E-state index is -4.03. The van der Waals surface area contributed by atoms with E-state index in [-0.39, 0.29) is 9.79 Å². The molecule has 2 rings (SSSR count). The van der Waals surface area contributed by atoms with Gasteiger partial charge in [-0.15, -0.1) is 0 Å². The van der Waals surface area contributed by atoms with Gasteiger partial charge in [0.05, 0.1) is 22.9 Å². The van der Waals surface area contributed by atoms with Gasteiger partial charge in [0, 0.05) is 6.26 Å². The summed E-state index contributed by atoms with van der Waals surface area (Å²) in [5.41, 5.74) is 0. The van der Waals surface area contributed by atoms with Crippen LogP contribution in [0.5, 0.6) is 0 Å². The third-order valence-electron chi connectivity index (χ3n) is 2.81. The van der Waals surface area contributed by atoms with E-state index in [4.69, 9.17) is 0 Å². The maximum Gasteiger partial charge on any atom is 0.244 e. The Bertz CT molecular complexity index is 780. The van der Waals surface area contributed by atoms with Crippen molar-refractivity contribution in [3.05, 3.63) is 24.3 Å². The van der Waals surface area contributed by atoms with E-state index >= 15 is 0 Å². The number of benzene rings is 1. The number of hydrogen-bond donors (Lipinski definition) is 1. The lowest BCUT2D eigenvalue weighted by Gasteiger charge is -2.24. The molecule has 21 heavy (non-hydrogen) atoms. The van der Waals surface area contributed by atoms with Gasteiger partial charge in [-0.1, -0.05) is 0 Å². The number of carbonyl (C=O) groups excluding carboxylic acids is 2. The van der Waals surface area contributed by atoms with E-state index in [2.05, 4.69) is 0 Å². The van der Waals surface area contributed by atoms with Gasteiger partial charge in [0.25, 0.3) is 0 Å². The summed E-state index contributed by atoms with van der Waals surface area (Å²) >= 11 is 0. The van der Waals surface area contributed by atoms with E-state index in [9.17, 15) is 26.4 Å². The second kappa shape index (κ2) is 5.20. The van der Waals surface area contributed by atoms with Gasteiger partial charge < -0.3 is 0 Å². The first-order chi connectivity index (χ1) is 9.60. The first kappa shape index (κ1) is 15.6. The van der Waals surface area contributed by atoms with Crippen molar-refractivity contribution >= 4 is 31.7 Å². The summed E-state index contributed by atoms with van der Waals surface area (Å²) in [7, 11) is -7.47. The average molecular weight is 332 g/mol. The molecule has 1 aliphatic rings. The molecule has 2 amide bonds. The summed E-state index contributed by atoms with van der Waals surface area (Å²) in [6, 6.07) is 4.58. The van der Waals surface area contributed by atoms with Crippen molar-refractivity contribution in [2.45, 2.75) is 9.79 Å². The van der Waals surface area contributed by atoms with Crippen molar-refractivity contribution < 1.29 is 26.4 Å². The van der Waals surface area contributed by atoms with Gasteiger partial charge in [-0.3, -0.25) is 14.9 Å². The molecule has 1 N–H and O–H groups in total. The number of nitrogens with one attached hydrogen (secondary N) is 1. The summed E-state index contributed by atoms with van der Waals surface area (Å²) in [5.74, 6) is -1.41. The number of nitrogens with zero attached hydrogens (tertiary/aromatic N) is 1. The Morgan fingerprint density at radius 3 is 1.76 bits per heavy atom. The van der Waals surface area contributed by atoms with E-state index in [1.165, 1.54) is 0 Å². The van der Waals surface area contributed by atoms with Gasteiger partial charge in [0.15, 0.2) is 9.84 Å². The Kier molecular flexibility index (Phi) is 3.87. The molecule has 0 atom stereocenters. The Morgan fingerprint density at radius 1 is 0.905 bits per heavy atom. The van der Waals surface area contributed by atoms with E-state index in [0.29, 0.717) is 0 Å². The second-order valence-corrected chi connectivity index (χ2v) is 8.44. The first-order valence-corrected chi connectivity index (χ1v) is 9.07. The molecular formula is C11H12N2O6S2. The van der Waals surface area contributed by atoms with Crippen LogP contribution in [0.15, 0.2) is 34.1 Å². The van der Waals surface area contributed by atoms with Crippen molar-refractivity contribution in [1.29, 1.82) is 0 Å². The highest BCUT2D eigenvalue weighted by atomic mass is 32.2. The fraction of sp³-hybridized carbons (Fsp3) is 0.273. The first-order valence-electron chi connectivity index (χ1n) is 5.73.